The lowest BCUT2D eigenvalue weighted by Crippen LogP contribution is -2.56. The van der Waals surface area contributed by atoms with Gasteiger partial charge < -0.3 is 19.9 Å². The summed E-state index contributed by atoms with van der Waals surface area (Å²) in [4.78, 5) is 24.4. The molecule has 6 nitrogen and oxygen atoms in total. The number of rotatable bonds is 2. The fraction of sp³-hybridized carbons (Fsp3) is 0.867. The van der Waals surface area contributed by atoms with Crippen molar-refractivity contribution in [3.63, 3.8) is 0 Å². The van der Waals surface area contributed by atoms with Crippen LogP contribution in [-0.2, 0) is 14.3 Å². The quantitative estimate of drug-likeness (QED) is 0.763. The van der Waals surface area contributed by atoms with Gasteiger partial charge in [0.05, 0.1) is 6.10 Å². The van der Waals surface area contributed by atoms with Crippen molar-refractivity contribution in [2.45, 2.75) is 83.6 Å². The first-order valence-corrected chi connectivity index (χ1v) is 7.26. The SMILES string of the molecule is CC(C)(C)OC(=O)NC1(C(=O)OC(C)(C)C)CCC(O)C1. The van der Waals surface area contributed by atoms with Gasteiger partial charge in [0.25, 0.3) is 0 Å². The highest BCUT2D eigenvalue weighted by Crippen LogP contribution is 2.33. The van der Waals surface area contributed by atoms with Gasteiger partial charge in [-0.15, -0.1) is 0 Å². The largest absolute Gasteiger partial charge is 0.458 e. The monoisotopic (exact) mass is 301 g/mol. The van der Waals surface area contributed by atoms with Crippen molar-refractivity contribution in [3.05, 3.63) is 0 Å². The highest BCUT2D eigenvalue weighted by Gasteiger charge is 2.49. The van der Waals surface area contributed by atoms with Crippen molar-refractivity contribution < 1.29 is 24.2 Å². The second kappa shape index (κ2) is 5.83. The van der Waals surface area contributed by atoms with E-state index in [9.17, 15) is 14.7 Å². The van der Waals surface area contributed by atoms with Gasteiger partial charge in [-0.3, -0.25) is 0 Å². The van der Waals surface area contributed by atoms with Gasteiger partial charge in [-0.2, -0.15) is 0 Å². The van der Waals surface area contributed by atoms with E-state index in [-0.39, 0.29) is 6.42 Å². The standard InChI is InChI=1S/C15H27NO5/c1-13(2,3)20-11(18)15(8-7-10(17)9-15)16-12(19)21-14(4,5)6/h10,17H,7-9H2,1-6H3,(H,16,19). The number of carbonyl (C=O) groups excluding carboxylic acids is 2. The summed E-state index contributed by atoms with van der Waals surface area (Å²) in [7, 11) is 0. The van der Waals surface area contributed by atoms with Crippen molar-refractivity contribution >= 4 is 12.1 Å². The normalized spacial score (nSPS) is 26.3. The zero-order valence-electron chi connectivity index (χ0n) is 13.8. The average Bonchev–Trinajstić information content (AvgIpc) is 2.55. The van der Waals surface area contributed by atoms with Crippen LogP contribution in [0.3, 0.4) is 0 Å². The van der Waals surface area contributed by atoms with E-state index in [1.54, 1.807) is 41.5 Å². The Bertz CT molecular complexity index is 407. The first-order chi connectivity index (χ1) is 9.33. The maximum Gasteiger partial charge on any atom is 0.408 e. The number of alkyl carbamates (subject to hydrolysis) is 1. The van der Waals surface area contributed by atoms with E-state index in [2.05, 4.69) is 5.32 Å². The van der Waals surface area contributed by atoms with E-state index in [1.165, 1.54) is 0 Å². The molecule has 0 aromatic rings. The summed E-state index contributed by atoms with van der Waals surface area (Å²) in [6.45, 7) is 10.5. The van der Waals surface area contributed by atoms with Crippen molar-refractivity contribution in [1.29, 1.82) is 0 Å². The minimum atomic E-state index is -1.21. The Labute approximate surface area is 126 Å². The summed E-state index contributed by atoms with van der Waals surface area (Å²) in [6, 6.07) is 0. The molecule has 0 aromatic heterocycles. The third-order valence-corrected chi connectivity index (χ3v) is 3.02. The van der Waals surface area contributed by atoms with Crippen LogP contribution in [0.1, 0.15) is 60.8 Å². The predicted octanol–water partition coefficient (Wildman–Crippen LogP) is 2.14. The second-order valence-corrected chi connectivity index (χ2v) is 7.61. The number of hydrogen-bond donors (Lipinski definition) is 2. The summed E-state index contributed by atoms with van der Waals surface area (Å²) in [6.07, 6.45) is -0.395. The smallest absolute Gasteiger partial charge is 0.408 e. The molecular formula is C15H27NO5. The zero-order chi connectivity index (χ0) is 16.5. The molecule has 1 aliphatic carbocycles. The Balaban J connectivity index is 2.85. The van der Waals surface area contributed by atoms with Crippen LogP contribution in [0.15, 0.2) is 0 Å². The minimum absolute atomic E-state index is 0.140. The van der Waals surface area contributed by atoms with Crippen LogP contribution in [0.25, 0.3) is 0 Å². The van der Waals surface area contributed by atoms with Gasteiger partial charge in [-0.1, -0.05) is 0 Å². The van der Waals surface area contributed by atoms with Crippen LogP contribution >= 0.6 is 0 Å². The molecule has 1 saturated carbocycles. The molecular weight excluding hydrogens is 274 g/mol. The van der Waals surface area contributed by atoms with Crippen molar-refractivity contribution in [2.75, 3.05) is 0 Å². The van der Waals surface area contributed by atoms with Gasteiger partial charge in [0.2, 0.25) is 0 Å². The van der Waals surface area contributed by atoms with Crippen LogP contribution in [0.4, 0.5) is 4.79 Å². The molecule has 122 valence electrons. The summed E-state index contributed by atoms with van der Waals surface area (Å²) in [5, 5.41) is 12.4. The van der Waals surface area contributed by atoms with Gasteiger partial charge in [-0.05, 0) is 54.4 Å². The number of carbonyl (C=O) groups is 2. The number of hydrogen-bond acceptors (Lipinski definition) is 5. The molecule has 0 aromatic carbocycles. The lowest BCUT2D eigenvalue weighted by Gasteiger charge is -2.32. The van der Waals surface area contributed by atoms with Crippen molar-refractivity contribution in [1.82, 2.24) is 5.32 Å². The van der Waals surface area contributed by atoms with Gasteiger partial charge in [0.15, 0.2) is 0 Å². The molecule has 6 heteroatoms. The Hall–Kier alpha value is -1.30. The van der Waals surface area contributed by atoms with E-state index in [0.29, 0.717) is 12.8 Å². The van der Waals surface area contributed by atoms with Crippen LogP contribution in [0, 0.1) is 0 Å². The number of aliphatic hydroxyl groups is 1. The number of nitrogens with one attached hydrogen (secondary N) is 1. The first kappa shape index (κ1) is 17.8. The number of ether oxygens (including phenoxy) is 2. The second-order valence-electron chi connectivity index (χ2n) is 7.61. The lowest BCUT2D eigenvalue weighted by molar-refractivity contribution is -0.163. The molecule has 0 heterocycles. The number of esters is 1. The molecule has 2 N–H and O–H groups in total. The van der Waals surface area contributed by atoms with Gasteiger partial charge in [-0.25, -0.2) is 9.59 Å². The van der Waals surface area contributed by atoms with Crippen LogP contribution in [0.2, 0.25) is 0 Å². The van der Waals surface area contributed by atoms with E-state index < -0.39 is 34.9 Å². The average molecular weight is 301 g/mol. The fourth-order valence-corrected chi connectivity index (χ4v) is 2.24. The third kappa shape index (κ3) is 5.53. The van der Waals surface area contributed by atoms with E-state index in [0.717, 1.165) is 0 Å². The van der Waals surface area contributed by atoms with Gasteiger partial charge >= 0.3 is 12.1 Å². The summed E-state index contributed by atoms with van der Waals surface area (Å²) < 4.78 is 10.6. The van der Waals surface area contributed by atoms with Crippen LogP contribution in [0.5, 0.6) is 0 Å². The molecule has 0 bridgehead atoms. The molecule has 0 saturated heterocycles. The predicted molar refractivity (Wildman–Crippen MR) is 77.8 cm³/mol. The molecule has 1 amide bonds. The first-order valence-electron chi connectivity index (χ1n) is 7.26. The van der Waals surface area contributed by atoms with Gasteiger partial charge in [0, 0.05) is 6.42 Å². The maximum atomic E-state index is 12.4. The molecule has 21 heavy (non-hydrogen) atoms. The third-order valence-electron chi connectivity index (χ3n) is 3.02. The minimum Gasteiger partial charge on any atom is -0.458 e. The highest BCUT2D eigenvalue weighted by molar-refractivity contribution is 5.86. The molecule has 2 atom stereocenters. The Morgan fingerprint density at radius 1 is 1.10 bits per heavy atom. The van der Waals surface area contributed by atoms with Crippen molar-refractivity contribution in [2.24, 2.45) is 0 Å². The fourth-order valence-electron chi connectivity index (χ4n) is 2.24. The molecule has 0 radical (unpaired) electrons. The summed E-state index contributed by atoms with van der Waals surface area (Å²) in [5.41, 5.74) is -2.53. The number of amides is 1. The van der Waals surface area contributed by atoms with E-state index >= 15 is 0 Å². The molecule has 1 rings (SSSR count). The Morgan fingerprint density at radius 2 is 1.62 bits per heavy atom. The Morgan fingerprint density at radius 3 is 2.00 bits per heavy atom. The molecule has 0 spiro atoms. The molecule has 1 fully saturated rings. The zero-order valence-corrected chi connectivity index (χ0v) is 13.8. The highest BCUT2D eigenvalue weighted by atomic mass is 16.6. The van der Waals surface area contributed by atoms with E-state index in [1.807, 2.05) is 0 Å². The summed E-state index contributed by atoms with van der Waals surface area (Å²) >= 11 is 0. The topological polar surface area (TPSA) is 84.9 Å². The maximum absolute atomic E-state index is 12.4. The van der Waals surface area contributed by atoms with Gasteiger partial charge in [0.1, 0.15) is 16.7 Å². The summed E-state index contributed by atoms with van der Waals surface area (Å²) in [5.74, 6) is -0.530. The van der Waals surface area contributed by atoms with Crippen LogP contribution in [-0.4, -0.2) is 40.0 Å². The Kier molecular flexibility index (Phi) is 4.93. The molecule has 0 aliphatic heterocycles. The molecule has 1 aliphatic rings. The van der Waals surface area contributed by atoms with Crippen LogP contribution < -0.4 is 5.32 Å². The number of aliphatic hydroxyl groups excluding tert-OH is 1. The van der Waals surface area contributed by atoms with Crippen molar-refractivity contribution in [3.8, 4) is 0 Å². The molecule has 2 unspecified atom stereocenters. The lowest BCUT2D eigenvalue weighted by atomic mass is 9.97. The van der Waals surface area contributed by atoms with E-state index in [4.69, 9.17) is 9.47 Å².